The minimum Gasteiger partial charge on any atom is -0.352 e. The Kier molecular flexibility index (Phi) is 8.17. The Morgan fingerprint density at radius 2 is 1.50 bits per heavy atom. The quantitative estimate of drug-likeness (QED) is 0.589. The van der Waals surface area contributed by atoms with E-state index in [0.717, 1.165) is 36.8 Å². The maximum atomic E-state index is 13.3. The summed E-state index contributed by atoms with van der Waals surface area (Å²) in [4.78, 5) is 28.1. The van der Waals surface area contributed by atoms with Crippen LogP contribution in [-0.2, 0) is 22.6 Å². The number of rotatable bonds is 8. The molecular formula is C24H28Cl2N2O2. The summed E-state index contributed by atoms with van der Waals surface area (Å²) in [6, 6.07) is 14.3. The molecule has 2 aromatic rings. The first kappa shape index (κ1) is 22.6. The summed E-state index contributed by atoms with van der Waals surface area (Å²) in [7, 11) is 0. The van der Waals surface area contributed by atoms with E-state index in [4.69, 9.17) is 23.2 Å². The van der Waals surface area contributed by atoms with Crippen LogP contribution in [0, 0.1) is 0 Å². The number of carbonyl (C=O) groups excluding carboxylic acids is 2. The van der Waals surface area contributed by atoms with Crippen LogP contribution < -0.4 is 5.32 Å². The average molecular weight is 447 g/mol. The zero-order valence-electron chi connectivity index (χ0n) is 17.2. The molecule has 0 spiro atoms. The lowest BCUT2D eigenvalue weighted by Crippen LogP contribution is -2.51. The van der Waals surface area contributed by atoms with E-state index < -0.39 is 6.04 Å². The van der Waals surface area contributed by atoms with Crippen molar-refractivity contribution in [1.82, 2.24) is 10.2 Å². The summed E-state index contributed by atoms with van der Waals surface area (Å²) in [5.74, 6) is -0.150. The lowest BCUT2D eigenvalue weighted by Gasteiger charge is -2.31. The van der Waals surface area contributed by atoms with Crippen molar-refractivity contribution >= 4 is 35.0 Å². The van der Waals surface area contributed by atoms with E-state index in [1.165, 1.54) is 0 Å². The van der Waals surface area contributed by atoms with E-state index in [9.17, 15) is 9.59 Å². The predicted octanol–water partition coefficient (Wildman–Crippen LogP) is 5.40. The fourth-order valence-corrected chi connectivity index (χ4v) is 4.20. The van der Waals surface area contributed by atoms with Crippen LogP contribution in [0.4, 0.5) is 0 Å². The van der Waals surface area contributed by atoms with Gasteiger partial charge in [-0.05, 0) is 54.7 Å². The summed E-state index contributed by atoms with van der Waals surface area (Å²) in [5, 5.41) is 4.43. The van der Waals surface area contributed by atoms with Crippen LogP contribution in [0.5, 0.6) is 0 Å². The van der Waals surface area contributed by atoms with Crippen molar-refractivity contribution in [3.8, 4) is 0 Å². The Labute approximate surface area is 188 Å². The molecule has 0 heterocycles. The highest BCUT2D eigenvalue weighted by Gasteiger charge is 2.30. The highest BCUT2D eigenvalue weighted by Crippen LogP contribution is 2.20. The van der Waals surface area contributed by atoms with Gasteiger partial charge in [0.2, 0.25) is 11.8 Å². The van der Waals surface area contributed by atoms with Crippen molar-refractivity contribution in [2.24, 2.45) is 0 Å². The number of amides is 2. The van der Waals surface area contributed by atoms with Crippen LogP contribution >= 0.6 is 23.2 Å². The molecule has 2 amide bonds. The molecule has 1 saturated carbocycles. The number of hydrogen-bond acceptors (Lipinski definition) is 2. The predicted molar refractivity (Wildman–Crippen MR) is 122 cm³/mol. The van der Waals surface area contributed by atoms with Gasteiger partial charge in [0.1, 0.15) is 6.04 Å². The van der Waals surface area contributed by atoms with Gasteiger partial charge < -0.3 is 10.2 Å². The fourth-order valence-electron chi connectivity index (χ4n) is 3.95. The van der Waals surface area contributed by atoms with Gasteiger partial charge in [0.05, 0.1) is 6.42 Å². The second-order valence-corrected chi connectivity index (χ2v) is 8.74. The lowest BCUT2D eigenvalue weighted by molar-refractivity contribution is -0.141. The molecule has 2 aromatic carbocycles. The van der Waals surface area contributed by atoms with Crippen molar-refractivity contribution in [3.05, 3.63) is 69.7 Å². The molecular weight excluding hydrogens is 419 g/mol. The molecule has 0 radical (unpaired) electrons. The first-order valence-corrected chi connectivity index (χ1v) is 11.3. The van der Waals surface area contributed by atoms with Crippen LogP contribution in [0.15, 0.2) is 48.5 Å². The summed E-state index contributed by atoms with van der Waals surface area (Å²) in [5.41, 5.74) is 1.81. The topological polar surface area (TPSA) is 49.4 Å². The summed E-state index contributed by atoms with van der Waals surface area (Å²) in [6.45, 7) is 2.31. The third-order valence-electron chi connectivity index (χ3n) is 5.62. The van der Waals surface area contributed by atoms with Gasteiger partial charge in [-0.15, -0.1) is 0 Å². The minimum absolute atomic E-state index is 0.0668. The van der Waals surface area contributed by atoms with Crippen LogP contribution in [0.25, 0.3) is 0 Å². The number of benzene rings is 2. The molecule has 1 aliphatic carbocycles. The van der Waals surface area contributed by atoms with E-state index in [2.05, 4.69) is 5.32 Å². The zero-order valence-corrected chi connectivity index (χ0v) is 18.8. The molecule has 1 aliphatic rings. The zero-order chi connectivity index (χ0) is 21.5. The van der Waals surface area contributed by atoms with Crippen molar-refractivity contribution in [1.29, 1.82) is 0 Å². The molecule has 4 nitrogen and oxygen atoms in total. The molecule has 30 heavy (non-hydrogen) atoms. The van der Waals surface area contributed by atoms with Gasteiger partial charge in [-0.25, -0.2) is 0 Å². The van der Waals surface area contributed by atoms with Gasteiger partial charge in [0.15, 0.2) is 0 Å². The van der Waals surface area contributed by atoms with Gasteiger partial charge in [-0.2, -0.15) is 0 Å². The Morgan fingerprint density at radius 3 is 2.03 bits per heavy atom. The standard InChI is InChI=1S/C24H28Cl2N2O2/c1-2-22(24(30)27-21-5-3-4-6-21)28(16-18-9-13-20(26)14-10-18)23(29)15-17-7-11-19(25)12-8-17/h7-14,21-22H,2-6,15-16H2,1H3,(H,27,30). The number of nitrogens with one attached hydrogen (secondary N) is 1. The molecule has 1 fully saturated rings. The number of carbonyl (C=O) groups is 2. The lowest BCUT2D eigenvalue weighted by atomic mass is 10.1. The summed E-state index contributed by atoms with van der Waals surface area (Å²) in [6.07, 6.45) is 5.09. The number of nitrogens with zero attached hydrogens (tertiary/aromatic N) is 1. The van der Waals surface area contributed by atoms with E-state index >= 15 is 0 Å². The Balaban J connectivity index is 1.80. The molecule has 1 N–H and O–H groups in total. The Morgan fingerprint density at radius 1 is 0.967 bits per heavy atom. The van der Waals surface area contributed by atoms with Crippen molar-refractivity contribution in [3.63, 3.8) is 0 Å². The van der Waals surface area contributed by atoms with Crippen molar-refractivity contribution in [2.45, 2.75) is 64.1 Å². The highest BCUT2D eigenvalue weighted by molar-refractivity contribution is 6.30. The largest absolute Gasteiger partial charge is 0.352 e. The van der Waals surface area contributed by atoms with Gasteiger partial charge >= 0.3 is 0 Å². The van der Waals surface area contributed by atoms with Crippen LogP contribution in [0.2, 0.25) is 10.0 Å². The number of halogens is 2. The van der Waals surface area contributed by atoms with E-state index in [0.29, 0.717) is 23.0 Å². The number of hydrogen-bond donors (Lipinski definition) is 1. The summed E-state index contributed by atoms with van der Waals surface area (Å²) >= 11 is 12.0. The molecule has 1 unspecified atom stereocenters. The molecule has 160 valence electrons. The average Bonchev–Trinajstić information content (AvgIpc) is 3.24. The smallest absolute Gasteiger partial charge is 0.243 e. The molecule has 0 aliphatic heterocycles. The first-order valence-electron chi connectivity index (χ1n) is 10.5. The molecule has 0 aromatic heterocycles. The maximum Gasteiger partial charge on any atom is 0.243 e. The van der Waals surface area contributed by atoms with Crippen LogP contribution in [0.3, 0.4) is 0 Å². The van der Waals surface area contributed by atoms with Crippen LogP contribution in [-0.4, -0.2) is 28.8 Å². The van der Waals surface area contributed by atoms with Crippen molar-refractivity contribution in [2.75, 3.05) is 0 Å². The van der Waals surface area contributed by atoms with Gasteiger partial charge in [-0.1, -0.05) is 67.2 Å². The van der Waals surface area contributed by atoms with Gasteiger partial charge in [0, 0.05) is 22.6 Å². The minimum atomic E-state index is -0.513. The maximum absolute atomic E-state index is 13.3. The molecule has 6 heteroatoms. The molecule has 0 bridgehead atoms. The Bertz CT molecular complexity index is 847. The molecule has 1 atom stereocenters. The second-order valence-electron chi connectivity index (χ2n) is 7.87. The van der Waals surface area contributed by atoms with E-state index in [-0.39, 0.29) is 24.3 Å². The van der Waals surface area contributed by atoms with Gasteiger partial charge in [0.25, 0.3) is 0 Å². The third kappa shape index (κ3) is 6.23. The SMILES string of the molecule is CCC(C(=O)NC1CCCC1)N(Cc1ccc(Cl)cc1)C(=O)Cc1ccc(Cl)cc1. The monoisotopic (exact) mass is 446 g/mol. The van der Waals surface area contributed by atoms with E-state index in [1.807, 2.05) is 31.2 Å². The molecule has 0 saturated heterocycles. The highest BCUT2D eigenvalue weighted by atomic mass is 35.5. The van der Waals surface area contributed by atoms with Gasteiger partial charge in [-0.3, -0.25) is 9.59 Å². The molecule has 3 rings (SSSR count). The van der Waals surface area contributed by atoms with Crippen molar-refractivity contribution < 1.29 is 9.59 Å². The third-order valence-corrected chi connectivity index (χ3v) is 6.13. The second kappa shape index (κ2) is 10.8. The first-order chi connectivity index (χ1) is 14.5. The van der Waals surface area contributed by atoms with E-state index in [1.54, 1.807) is 29.2 Å². The summed E-state index contributed by atoms with van der Waals surface area (Å²) < 4.78 is 0. The van der Waals surface area contributed by atoms with Crippen LogP contribution in [0.1, 0.15) is 50.2 Å². The fraction of sp³-hybridized carbons (Fsp3) is 0.417. The normalized spacial score (nSPS) is 15.0. The Hall–Kier alpha value is -2.04.